The van der Waals surface area contributed by atoms with E-state index in [4.69, 9.17) is 4.74 Å². The Bertz CT molecular complexity index is 607. The van der Waals surface area contributed by atoms with Gasteiger partial charge in [0.05, 0.1) is 0 Å². The van der Waals surface area contributed by atoms with E-state index < -0.39 is 0 Å². The molecule has 0 saturated carbocycles. The fourth-order valence-corrected chi connectivity index (χ4v) is 2.83. The second-order valence-electron chi connectivity index (χ2n) is 6.08. The van der Waals surface area contributed by atoms with Crippen LogP contribution in [0.5, 0.6) is 0 Å². The van der Waals surface area contributed by atoms with Gasteiger partial charge in [-0.15, -0.1) is 0 Å². The molecule has 0 radical (unpaired) electrons. The van der Waals surface area contributed by atoms with Crippen LogP contribution in [0.2, 0.25) is 0 Å². The summed E-state index contributed by atoms with van der Waals surface area (Å²) in [7, 11) is 1.94. The zero-order valence-corrected chi connectivity index (χ0v) is 14.6. The van der Waals surface area contributed by atoms with Gasteiger partial charge < -0.3 is 10.1 Å². The predicted molar refractivity (Wildman–Crippen MR) is 98.9 cm³/mol. The number of benzene rings is 2. The number of carbonyl (C=O) groups is 1. The molecule has 0 amide bonds. The molecule has 1 unspecified atom stereocenters. The number of ether oxygens (including phenoxy) is 1. The van der Waals surface area contributed by atoms with Crippen molar-refractivity contribution in [2.75, 3.05) is 13.6 Å². The molecule has 2 aromatic rings. The lowest BCUT2D eigenvalue weighted by Crippen LogP contribution is -2.19. The van der Waals surface area contributed by atoms with Crippen molar-refractivity contribution in [3.63, 3.8) is 0 Å². The van der Waals surface area contributed by atoms with Gasteiger partial charge in [-0.05, 0) is 56.0 Å². The molecule has 1 N–H and O–H groups in total. The van der Waals surface area contributed by atoms with Crippen molar-refractivity contribution >= 4 is 5.97 Å². The average molecular weight is 325 g/mol. The molecule has 0 aliphatic heterocycles. The van der Waals surface area contributed by atoms with Crippen molar-refractivity contribution < 1.29 is 9.53 Å². The summed E-state index contributed by atoms with van der Waals surface area (Å²) in [5, 5.41) is 3.13. The summed E-state index contributed by atoms with van der Waals surface area (Å²) in [5.41, 5.74) is 3.74. The highest BCUT2D eigenvalue weighted by atomic mass is 16.5. The van der Waals surface area contributed by atoms with Crippen molar-refractivity contribution in [3.8, 4) is 11.1 Å². The lowest BCUT2D eigenvalue weighted by atomic mass is 10.00. The summed E-state index contributed by atoms with van der Waals surface area (Å²) >= 11 is 0. The van der Waals surface area contributed by atoms with Crippen LogP contribution in [-0.2, 0) is 16.0 Å². The van der Waals surface area contributed by atoms with E-state index in [-0.39, 0.29) is 12.1 Å². The van der Waals surface area contributed by atoms with Crippen molar-refractivity contribution in [1.82, 2.24) is 5.32 Å². The standard InChI is InChI=1S/C21H27NO2/c1-17(23)24-21(9-6-16-22-2)15-12-18-10-13-20(14-11-18)19-7-4-3-5-8-19/h3-5,7-8,10-11,13-14,21-22H,6,9,12,15-16H2,1-2H3. The lowest BCUT2D eigenvalue weighted by molar-refractivity contribution is -0.146. The minimum atomic E-state index is -0.191. The first-order chi connectivity index (χ1) is 11.7. The number of carbonyl (C=O) groups excluding carboxylic acids is 1. The van der Waals surface area contributed by atoms with Gasteiger partial charge in [0.15, 0.2) is 0 Å². The molecular formula is C21H27NO2. The number of esters is 1. The summed E-state index contributed by atoms with van der Waals surface area (Å²) in [5.74, 6) is -0.191. The van der Waals surface area contributed by atoms with Crippen molar-refractivity contribution in [1.29, 1.82) is 0 Å². The highest BCUT2D eigenvalue weighted by molar-refractivity contribution is 5.66. The van der Waals surface area contributed by atoms with Crippen molar-refractivity contribution in [2.45, 2.75) is 38.7 Å². The van der Waals surface area contributed by atoms with Crippen LogP contribution in [0.4, 0.5) is 0 Å². The highest BCUT2D eigenvalue weighted by Gasteiger charge is 2.12. The maximum atomic E-state index is 11.3. The minimum absolute atomic E-state index is 0.00431. The summed E-state index contributed by atoms with van der Waals surface area (Å²) in [6, 6.07) is 19.0. The van der Waals surface area contributed by atoms with Gasteiger partial charge in [0, 0.05) is 6.92 Å². The third-order valence-electron chi connectivity index (χ3n) is 4.10. The zero-order chi connectivity index (χ0) is 17.2. The molecule has 0 heterocycles. The van der Waals surface area contributed by atoms with Crippen molar-refractivity contribution in [3.05, 3.63) is 60.2 Å². The van der Waals surface area contributed by atoms with E-state index in [2.05, 4.69) is 53.8 Å². The van der Waals surface area contributed by atoms with E-state index >= 15 is 0 Å². The SMILES string of the molecule is CNCCCC(CCc1ccc(-c2ccccc2)cc1)OC(C)=O. The van der Waals surface area contributed by atoms with Crippen LogP contribution < -0.4 is 5.32 Å². The molecule has 3 heteroatoms. The van der Waals surface area contributed by atoms with Gasteiger partial charge in [-0.2, -0.15) is 0 Å². The van der Waals surface area contributed by atoms with Crippen LogP contribution in [0.25, 0.3) is 11.1 Å². The Kier molecular flexibility index (Phi) is 7.50. The number of nitrogens with one attached hydrogen (secondary N) is 1. The molecule has 2 rings (SSSR count). The monoisotopic (exact) mass is 325 g/mol. The first-order valence-corrected chi connectivity index (χ1v) is 8.65. The van der Waals surface area contributed by atoms with Crippen LogP contribution >= 0.6 is 0 Å². The molecule has 2 aromatic carbocycles. The Balaban J connectivity index is 1.90. The van der Waals surface area contributed by atoms with Gasteiger partial charge in [-0.25, -0.2) is 0 Å². The molecule has 0 aliphatic carbocycles. The topological polar surface area (TPSA) is 38.3 Å². The van der Waals surface area contributed by atoms with Gasteiger partial charge in [0.2, 0.25) is 0 Å². The van der Waals surface area contributed by atoms with E-state index in [0.29, 0.717) is 0 Å². The summed E-state index contributed by atoms with van der Waals surface area (Å²) < 4.78 is 5.44. The molecule has 0 bridgehead atoms. The molecule has 0 fully saturated rings. The van der Waals surface area contributed by atoms with E-state index in [0.717, 1.165) is 32.2 Å². The first-order valence-electron chi connectivity index (χ1n) is 8.65. The summed E-state index contributed by atoms with van der Waals surface area (Å²) in [4.78, 5) is 11.3. The predicted octanol–water partition coefficient (Wildman–Crippen LogP) is 4.22. The fraction of sp³-hybridized carbons (Fsp3) is 0.381. The van der Waals surface area contributed by atoms with E-state index in [1.54, 1.807) is 0 Å². The fourth-order valence-electron chi connectivity index (χ4n) is 2.83. The Morgan fingerprint density at radius 2 is 1.67 bits per heavy atom. The summed E-state index contributed by atoms with van der Waals surface area (Å²) in [6.45, 7) is 2.43. The van der Waals surface area contributed by atoms with Crippen LogP contribution in [0, 0.1) is 0 Å². The third kappa shape index (κ3) is 6.17. The summed E-state index contributed by atoms with van der Waals surface area (Å²) in [6.07, 6.45) is 3.72. The van der Waals surface area contributed by atoms with E-state index in [9.17, 15) is 4.79 Å². The highest BCUT2D eigenvalue weighted by Crippen LogP contribution is 2.20. The Morgan fingerprint density at radius 1 is 1.00 bits per heavy atom. The van der Waals surface area contributed by atoms with E-state index in [1.165, 1.54) is 23.6 Å². The third-order valence-corrected chi connectivity index (χ3v) is 4.10. The van der Waals surface area contributed by atoms with Crippen LogP contribution in [0.1, 0.15) is 31.7 Å². The normalized spacial score (nSPS) is 11.9. The second-order valence-corrected chi connectivity index (χ2v) is 6.08. The van der Waals surface area contributed by atoms with Gasteiger partial charge in [0.1, 0.15) is 6.10 Å². The van der Waals surface area contributed by atoms with Gasteiger partial charge in [0.25, 0.3) is 0 Å². The number of rotatable bonds is 9. The quantitative estimate of drug-likeness (QED) is 0.554. The van der Waals surface area contributed by atoms with Gasteiger partial charge in [-0.1, -0.05) is 54.6 Å². The number of aryl methyl sites for hydroxylation is 1. The van der Waals surface area contributed by atoms with E-state index in [1.807, 2.05) is 13.1 Å². The Labute approximate surface area is 145 Å². The smallest absolute Gasteiger partial charge is 0.302 e. The maximum absolute atomic E-state index is 11.3. The number of hydrogen-bond acceptors (Lipinski definition) is 3. The molecule has 3 nitrogen and oxygen atoms in total. The minimum Gasteiger partial charge on any atom is -0.463 e. The molecular weight excluding hydrogens is 298 g/mol. The molecule has 24 heavy (non-hydrogen) atoms. The number of hydrogen-bond donors (Lipinski definition) is 1. The lowest BCUT2D eigenvalue weighted by Gasteiger charge is -2.17. The molecule has 0 aromatic heterocycles. The first kappa shape index (κ1) is 18.2. The van der Waals surface area contributed by atoms with Crippen LogP contribution in [0.15, 0.2) is 54.6 Å². The largest absolute Gasteiger partial charge is 0.463 e. The van der Waals surface area contributed by atoms with Gasteiger partial charge in [-0.3, -0.25) is 4.79 Å². The Morgan fingerprint density at radius 3 is 2.29 bits per heavy atom. The molecule has 128 valence electrons. The molecule has 0 saturated heterocycles. The van der Waals surface area contributed by atoms with Crippen molar-refractivity contribution in [2.24, 2.45) is 0 Å². The van der Waals surface area contributed by atoms with Crippen LogP contribution in [-0.4, -0.2) is 25.7 Å². The zero-order valence-electron chi connectivity index (χ0n) is 14.6. The van der Waals surface area contributed by atoms with Crippen LogP contribution in [0.3, 0.4) is 0 Å². The Hall–Kier alpha value is -2.13. The maximum Gasteiger partial charge on any atom is 0.302 e. The second kappa shape index (κ2) is 9.89. The average Bonchev–Trinajstić information content (AvgIpc) is 2.60. The molecule has 0 spiro atoms. The molecule has 0 aliphatic rings. The molecule has 1 atom stereocenters. The van der Waals surface area contributed by atoms with Gasteiger partial charge >= 0.3 is 5.97 Å².